The van der Waals surface area contributed by atoms with Crippen LogP contribution in [0.5, 0.6) is 0 Å². The molecule has 1 unspecified atom stereocenters. The predicted octanol–water partition coefficient (Wildman–Crippen LogP) is 5.39. The van der Waals surface area contributed by atoms with Gasteiger partial charge in [-0.25, -0.2) is 19.7 Å². The first-order valence-electron chi connectivity index (χ1n) is 16.6. The molecule has 3 aliphatic carbocycles. The summed E-state index contributed by atoms with van der Waals surface area (Å²) in [6.45, 7) is 2.82. The molecule has 2 N–H and O–H groups in total. The summed E-state index contributed by atoms with van der Waals surface area (Å²) in [5.41, 5.74) is 4.17. The normalized spacial score (nSPS) is 18.7. The third-order valence-electron chi connectivity index (χ3n) is 9.23. The van der Waals surface area contributed by atoms with Crippen molar-refractivity contribution in [3.05, 3.63) is 77.5 Å². The summed E-state index contributed by atoms with van der Waals surface area (Å²) < 4.78 is 7.74. The fraction of sp³-hybridized carbons (Fsp3) is 0.429. The number of aromatic nitrogens is 4. The number of hydrogen-bond donors (Lipinski definition) is 2. The topological polar surface area (TPSA) is 134 Å². The minimum atomic E-state index is -0.363. The lowest BCUT2D eigenvalue weighted by molar-refractivity contribution is -0.125. The highest BCUT2D eigenvalue weighted by Gasteiger charge is 2.39. The van der Waals surface area contributed by atoms with Crippen molar-refractivity contribution >= 4 is 40.8 Å². The summed E-state index contributed by atoms with van der Waals surface area (Å²) in [4.78, 5) is 56.3. The summed E-state index contributed by atoms with van der Waals surface area (Å²) >= 11 is 0. The lowest BCUT2D eigenvalue weighted by Crippen LogP contribution is -2.35. The fourth-order valence-electron chi connectivity index (χ4n) is 6.03. The van der Waals surface area contributed by atoms with E-state index in [-0.39, 0.29) is 49.5 Å². The van der Waals surface area contributed by atoms with E-state index in [9.17, 15) is 14.4 Å². The van der Waals surface area contributed by atoms with Crippen molar-refractivity contribution in [1.29, 1.82) is 0 Å². The van der Waals surface area contributed by atoms with Gasteiger partial charge in [0.05, 0.1) is 37.2 Å². The zero-order chi connectivity index (χ0) is 32.1. The zero-order valence-electron chi connectivity index (χ0n) is 26.4. The first kappa shape index (κ1) is 29.6. The first-order chi connectivity index (χ1) is 22.9. The van der Waals surface area contributed by atoms with Crippen LogP contribution in [0.3, 0.4) is 0 Å². The molecule has 1 aromatic carbocycles. The largest absolute Gasteiger partial charge is 0.375 e. The number of carbonyl (C=O) groups is 3. The summed E-state index contributed by atoms with van der Waals surface area (Å²) in [6, 6.07) is 13.0. The molecule has 1 aliphatic heterocycles. The molecule has 4 heterocycles. The van der Waals surface area contributed by atoms with Crippen LogP contribution in [0.1, 0.15) is 86.0 Å². The number of benzene rings is 1. The first-order valence-corrected chi connectivity index (χ1v) is 16.6. The Morgan fingerprint density at radius 1 is 0.957 bits per heavy atom. The molecule has 4 amide bonds. The van der Waals surface area contributed by atoms with E-state index < -0.39 is 0 Å². The van der Waals surface area contributed by atoms with Gasteiger partial charge in [0.15, 0.2) is 5.65 Å². The smallest absolute Gasteiger partial charge is 0.331 e. The molecule has 0 bridgehead atoms. The van der Waals surface area contributed by atoms with Gasteiger partial charge in [-0.1, -0.05) is 30.3 Å². The van der Waals surface area contributed by atoms with Gasteiger partial charge < -0.3 is 19.8 Å². The van der Waals surface area contributed by atoms with Crippen LogP contribution in [0.25, 0.3) is 5.65 Å². The van der Waals surface area contributed by atoms with Crippen LogP contribution in [0.15, 0.2) is 54.9 Å². The number of fused-ring (bicyclic) bond motifs is 1. The molecule has 3 saturated carbocycles. The maximum atomic E-state index is 13.6. The maximum absolute atomic E-state index is 13.6. The second kappa shape index (κ2) is 12.1. The van der Waals surface area contributed by atoms with Crippen LogP contribution in [0, 0.1) is 5.92 Å². The molecule has 4 aromatic rings. The zero-order valence-corrected chi connectivity index (χ0v) is 26.4. The van der Waals surface area contributed by atoms with E-state index >= 15 is 0 Å². The molecular formula is C35H38N8O4. The van der Waals surface area contributed by atoms with Gasteiger partial charge in [-0.15, -0.1) is 0 Å². The average molecular weight is 635 g/mol. The Labute approximate surface area is 272 Å². The number of imidazole rings is 1. The van der Waals surface area contributed by atoms with E-state index in [1.54, 1.807) is 6.07 Å². The molecule has 12 heteroatoms. The number of hydrogen-bond acceptors (Lipinski definition) is 8. The Kier molecular flexibility index (Phi) is 7.59. The Morgan fingerprint density at radius 3 is 2.47 bits per heavy atom. The van der Waals surface area contributed by atoms with E-state index in [4.69, 9.17) is 14.7 Å². The number of amides is 4. The molecule has 0 spiro atoms. The number of pyridine rings is 1. The van der Waals surface area contributed by atoms with Crippen LogP contribution in [0.2, 0.25) is 0 Å². The summed E-state index contributed by atoms with van der Waals surface area (Å²) in [5, 5.41) is 6.44. The Bertz CT molecular complexity index is 1850. The molecular weight excluding hydrogens is 596 g/mol. The second-order valence-electron chi connectivity index (χ2n) is 13.2. The van der Waals surface area contributed by atoms with Gasteiger partial charge in [-0.3, -0.25) is 19.4 Å². The van der Waals surface area contributed by atoms with Crippen LogP contribution in [0.4, 0.5) is 22.1 Å². The summed E-state index contributed by atoms with van der Waals surface area (Å²) in [7, 11) is 0. The molecule has 8 rings (SSSR count). The van der Waals surface area contributed by atoms with E-state index in [1.807, 2.05) is 53.9 Å². The Morgan fingerprint density at radius 2 is 1.72 bits per heavy atom. The lowest BCUT2D eigenvalue weighted by Gasteiger charge is -2.19. The third kappa shape index (κ3) is 6.42. The highest BCUT2D eigenvalue weighted by molar-refractivity contribution is 6.13. The van der Waals surface area contributed by atoms with Crippen molar-refractivity contribution in [2.45, 2.75) is 69.9 Å². The van der Waals surface area contributed by atoms with Crippen LogP contribution >= 0.6 is 0 Å². The predicted molar refractivity (Wildman–Crippen MR) is 175 cm³/mol. The number of rotatable bonds is 13. The minimum Gasteiger partial charge on any atom is -0.375 e. The van der Waals surface area contributed by atoms with E-state index in [0.29, 0.717) is 41.4 Å². The fourth-order valence-corrected chi connectivity index (χ4v) is 6.03. The van der Waals surface area contributed by atoms with Gasteiger partial charge in [0.25, 0.3) is 5.91 Å². The number of ether oxygens (including phenoxy) is 1. The monoisotopic (exact) mass is 634 g/mol. The quantitative estimate of drug-likeness (QED) is 0.148. The number of carbonyl (C=O) groups excluding carboxylic acids is 3. The standard InChI is InChI=1S/C35H38N8O4/c1-21(36-29-16-30(40-34(45)25-11-12-25)39-32(38-29)24-9-10-24)27-18-41-17-26(23-7-8-23)15-28(33(41)37-27)43-19-31(44)42(35(43)46)13-14-47-20-22-5-3-2-4-6-22/h2-6,15-18,21,23-25H,7-14,19-20H2,1H3,(H2,36,38,39,40,45). The van der Waals surface area contributed by atoms with Crippen molar-refractivity contribution < 1.29 is 19.1 Å². The minimum absolute atomic E-state index is 0.0111. The molecule has 0 radical (unpaired) electrons. The van der Waals surface area contributed by atoms with E-state index in [1.165, 1.54) is 9.80 Å². The highest BCUT2D eigenvalue weighted by atomic mass is 16.5. The number of nitrogens with zero attached hydrogens (tertiary/aromatic N) is 6. The van der Waals surface area contributed by atoms with Gasteiger partial charge in [-0.05, 0) is 68.6 Å². The number of urea groups is 1. The van der Waals surface area contributed by atoms with Gasteiger partial charge in [0, 0.05) is 30.3 Å². The van der Waals surface area contributed by atoms with E-state index in [0.717, 1.165) is 61.2 Å². The molecule has 242 valence electrons. The Balaban J connectivity index is 1.01. The van der Waals surface area contributed by atoms with Crippen molar-refractivity contribution in [2.24, 2.45) is 5.92 Å². The number of imide groups is 1. The van der Waals surface area contributed by atoms with Crippen LogP contribution in [-0.2, 0) is 20.9 Å². The molecule has 4 fully saturated rings. The maximum Gasteiger partial charge on any atom is 0.331 e. The third-order valence-corrected chi connectivity index (χ3v) is 9.23. The number of anilines is 3. The molecule has 1 atom stereocenters. The van der Waals surface area contributed by atoms with Gasteiger partial charge >= 0.3 is 6.03 Å². The van der Waals surface area contributed by atoms with Crippen molar-refractivity contribution in [3.63, 3.8) is 0 Å². The van der Waals surface area contributed by atoms with Gasteiger partial charge in [0.2, 0.25) is 5.91 Å². The number of nitrogens with one attached hydrogen (secondary N) is 2. The second-order valence-corrected chi connectivity index (χ2v) is 13.2. The van der Waals surface area contributed by atoms with Crippen LogP contribution in [-0.4, -0.2) is 61.8 Å². The van der Waals surface area contributed by atoms with E-state index in [2.05, 4.69) is 21.8 Å². The van der Waals surface area contributed by atoms with Crippen LogP contribution < -0.4 is 15.5 Å². The Hall–Kier alpha value is -4.84. The summed E-state index contributed by atoms with van der Waals surface area (Å²) in [5.74, 6) is 2.47. The molecule has 4 aliphatic rings. The lowest BCUT2D eigenvalue weighted by atomic mass is 10.1. The van der Waals surface area contributed by atoms with Gasteiger partial charge in [0.1, 0.15) is 24.0 Å². The van der Waals surface area contributed by atoms with Gasteiger partial charge in [-0.2, -0.15) is 0 Å². The summed E-state index contributed by atoms with van der Waals surface area (Å²) in [6.07, 6.45) is 10.2. The SMILES string of the molecule is CC(Nc1cc(NC(=O)C2CC2)nc(C2CC2)n1)c1cn2cc(C3CC3)cc(N3CC(=O)N(CCOCc4ccccc4)C3=O)c2n1. The van der Waals surface area contributed by atoms with Crippen molar-refractivity contribution in [2.75, 3.05) is 35.2 Å². The van der Waals surface area contributed by atoms with Crippen molar-refractivity contribution in [3.8, 4) is 0 Å². The highest BCUT2D eigenvalue weighted by Crippen LogP contribution is 2.43. The molecule has 12 nitrogen and oxygen atoms in total. The molecule has 47 heavy (non-hydrogen) atoms. The average Bonchev–Trinajstić information content (AvgIpc) is 3.94. The van der Waals surface area contributed by atoms with Crippen molar-refractivity contribution in [1.82, 2.24) is 24.3 Å². The molecule has 1 saturated heterocycles. The molecule has 3 aromatic heterocycles.